The number of nitrogens with one attached hydrogen (secondary N) is 1. The van der Waals surface area contributed by atoms with Crippen molar-refractivity contribution in [3.8, 4) is 17.2 Å². The molecular weight excluding hydrogens is 396 g/mol. The molecular formula is C24H28N2O5. The molecule has 2 aromatic rings. The van der Waals surface area contributed by atoms with Gasteiger partial charge in [0.2, 0.25) is 17.6 Å². The molecule has 0 radical (unpaired) electrons. The minimum Gasteiger partial charge on any atom is -0.493 e. The van der Waals surface area contributed by atoms with Crippen LogP contribution in [0.1, 0.15) is 30.9 Å². The quantitative estimate of drug-likeness (QED) is 0.703. The fraction of sp³-hybridized carbons (Fsp3) is 0.417. The van der Waals surface area contributed by atoms with Crippen LogP contribution in [0.5, 0.6) is 17.2 Å². The maximum absolute atomic E-state index is 13.1. The van der Waals surface area contributed by atoms with Crippen molar-refractivity contribution in [2.24, 2.45) is 11.8 Å². The monoisotopic (exact) mass is 424 g/mol. The molecule has 2 atom stereocenters. The first kappa shape index (κ1) is 21.0. The van der Waals surface area contributed by atoms with Crippen LogP contribution >= 0.6 is 0 Å². The van der Waals surface area contributed by atoms with Gasteiger partial charge in [0.15, 0.2) is 11.5 Å². The zero-order chi connectivity index (χ0) is 22.0. The Morgan fingerprint density at radius 3 is 2.23 bits per heavy atom. The first-order chi connectivity index (χ1) is 15.0. The van der Waals surface area contributed by atoms with Gasteiger partial charge in [0, 0.05) is 25.1 Å². The van der Waals surface area contributed by atoms with E-state index in [0.717, 1.165) is 18.4 Å². The molecule has 2 aromatic carbocycles. The largest absolute Gasteiger partial charge is 0.493 e. The predicted molar refractivity (Wildman–Crippen MR) is 117 cm³/mol. The van der Waals surface area contributed by atoms with Crippen molar-refractivity contribution < 1.29 is 23.8 Å². The minimum absolute atomic E-state index is 0.000901. The number of carbonyl (C=O) groups is 2. The van der Waals surface area contributed by atoms with Crippen molar-refractivity contribution in [1.29, 1.82) is 0 Å². The maximum Gasteiger partial charge on any atom is 0.227 e. The van der Waals surface area contributed by atoms with Crippen LogP contribution in [0.2, 0.25) is 0 Å². The summed E-state index contributed by atoms with van der Waals surface area (Å²) in [6, 6.07) is 13.5. The lowest BCUT2D eigenvalue weighted by molar-refractivity contribution is -0.127. The van der Waals surface area contributed by atoms with E-state index in [4.69, 9.17) is 14.2 Å². The van der Waals surface area contributed by atoms with Crippen LogP contribution in [-0.2, 0) is 9.59 Å². The number of ether oxygens (including phenoxy) is 3. The van der Waals surface area contributed by atoms with Gasteiger partial charge < -0.3 is 24.4 Å². The summed E-state index contributed by atoms with van der Waals surface area (Å²) in [4.78, 5) is 27.5. The van der Waals surface area contributed by atoms with E-state index in [2.05, 4.69) is 5.32 Å². The highest BCUT2D eigenvalue weighted by Gasteiger charge is 2.39. The molecule has 2 fully saturated rings. The second-order valence-corrected chi connectivity index (χ2v) is 8.02. The van der Waals surface area contributed by atoms with Crippen LogP contribution in [0.4, 0.5) is 5.69 Å². The van der Waals surface area contributed by atoms with Crippen molar-refractivity contribution in [3.63, 3.8) is 0 Å². The van der Waals surface area contributed by atoms with E-state index in [1.165, 1.54) is 21.3 Å². The molecule has 2 aliphatic rings. The van der Waals surface area contributed by atoms with Crippen molar-refractivity contribution in [2.75, 3.05) is 32.8 Å². The Labute approximate surface area is 182 Å². The van der Waals surface area contributed by atoms with Gasteiger partial charge in [0.05, 0.1) is 39.0 Å². The summed E-state index contributed by atoms with van der Waals surface area (Å²) in [5.41, 5.74) is 1.74. The molecule has 1 aliphatic carbocycles. The molecule has 1 saturated carbocycles. The molecule has 31 heavy (non-hydrogen) atoms. The van der Waals surface area contributed by atoms with Gasteiger partial charge in [-0.05, 0) is 24.3 Å². The molecule has 7 heteroatoms. The average Bonchev–Trinajstić information content (AvgIpc) is 3.57. The first-order valence-corrected chi connectivity index (χ1v) is 10.5. The molecule has 7 nitrogen and oxygen atoms in total. The summed E-state index contributed by atoms with van der Waals surface area (Å²) in [6.07, 6.45) is 2.40. The number of hydrogen-bond donors (Lipinski definition) is 1. The zero-order valence-electron chi connectivity index (χ0n) is 18.1. The minimum atomic E-state index is -0.406. The van der Waals surface area contributed by atoms with Crippen LogP contribution < -0.4 is 24.4 Å². The Kier molecular flexibility index (Phi) is 6.02. The van der Waals surface area contributed by atoms with E-state index in [9.17, 15) is 9.59 Å². The van der Waals surface area contributed by atoms with E-state index < -0.39 is 5.92 Å². The van der Waals surface area contributed by atoms with Crippen LogP contribution in [-0.4, -0.2) is 39.7 Å². The summed E-state index contributed by atoms with van der Waals surface area (Å²) in [5, 5.41) is 3.21. The summed E-state index contributed by atoms with van der Waals surface area (Å²) in [6.45, 7) is 0.315. The molecule has 1 aliphatic heterocycles. The lowest BCUT2D eigenvalue weighted by atomic mass is 10.0. The zero-order valence-corrected chi connectivity index (χ0v) is 18.1. The molecule has 1 heterocycles. The van der Waals surface area contributed by atoms with Gasteiger partial charge in [-0.25, -0.2) is 0 Å². The van der Waals surface area contributed by atoms with Crippen molar-refractivity contribution in [1.82, 2.24) is 5.32 Å². The second-order valence-electron chi connectivity index (χ2n) is 8.02. The van der Waals surface area contributed by atoms with Gasteiger partial charge in [-0.15, -0.1) is 0 Å². The highest BCUT2D eigenvalue weighted by Crippen LogP contribution is 2.43. The molecule has 0 bridgehead atoms. The molecule has 1 saturated heterocycles. The number of rotatable bonds is 8. The third-order valence-corrected chi connectivity index (χ3v) is 6.01. The highest BCUT2D eigenvalue weighted by molar-refractivity contribution is 6.00. The summed E-state index contributed by atoms with van der Waals surface area (Å²) in [7, 11) is 4.60. The molecule has 0 aromatic heterocycles. The van der Waals surface area contributed by atoms with Gasteiger partial charge in [-0.3, -0.25) is 9.59 Å². The smallest absolute Gasteiger partial charge is 0.227 e. The lowest BCUT2D eigenvalue weighted by Crippen LogP contribution is -2.36. The summed E-state index contributed by atoms with van der Waals surface area (Å²) in [5.74, 6) is 1.28. The third-order valence-electron chi connectivity index (χ3n) is 6.01. The number of carbonyl (C=O) groups excluding carboxylic acids is 2. The molecule has 2 unspecified atom stereocenters. The summed E-state index contributed by atoms with van der Waals surface area (Å²) >= 11 is 0. The second kappa shape index (κ2) is 8.88. The number of anilines is 1. The topological polar surface area (TPSA) is 77.1 Å². The SMILES string of the molecule is COc1cc(N2CC(C(=O)NC(c3ccccc3)C3CC3)CC2=O)cc(OC)c1OC. The van der Waals surface area contributed by atoms with E-state index >= 15 is 0 Å². The van der Waals surface area contributed by atoms with E-state index in [-0.39, 0.29) is 24.3 Å². The van der Waals surface area contributed by atoms with Crippen molar-refractivity contribution in [3.05, 3.63) is 48.0 Å². The van der Waals surface area contributed by atoms with E-state index in [1.54, 1.807) is 17.0 Å². The lowest BCUT2D eigenvalue weighted by Gasteiger charge is -2.22. The predicted octanol–water partition coefficient (Wildman–Crippen LogP) is 3.33. The fourth-order valence-electron chi connectivity index (χ4n) is 4.19. The Morgan fingerprint density at radius 2 is 1.68 bits per heavy atom. The van der Waals surface area contributed by atoms with Gasteiger partial charge in [0.25, 0.3) is 0 Å². The first-order valence-electron chi connectivity index (χ1n) is 10.5. The Bertz CT molecular complexity index is 933. The highest BCUT2D eigenvalue weighted by atomic mass is 16.5. The van der Waals surface area contributed by atoms with Gasteiger partial charge in [-0.2, -0.15) is 0 Å². The molecule has 2 amide bonds. The summed E-state index contributed by atoms with van der Waals surface area (Å²) < 4.78 is 16.2. The van der Waals surface area contributed by atoms with E-state index in [0.29, 0.717) is 35.4 Å². The van der Waals surface area contributed by atoms with Gasteiger partial charge in [0.1, 0.15) is 0 Å². The third kappa shape index (κ3) is 4.31. The number of hydrogen-bond acceptors (Lipinski definition) is 5. The number of benzene rings is 2. The Balaban J connectivity index is 1.51. The van der Waals surface area contributed by atoms with Crippen molar-refractivity contribution in [2.45, 2.75) is 25.3 Å². The molecule has 1 N–H and O–H groups in total. The van der Waals surface area contributed by atoms with Gasteiger partial charge in [-0.1, -0.05) is 30.3 Å². The Hall–Kier alpha value is -3.22. The van der Waals surface area contributed by atoms with Gasteiger partial charge >= 0.3 is 0 Å². The standard InChI is InChI=1S/C24H28N2O5/c1-29-19-12-18(13-20(30-2)23(19)31-3)26-14-17(11-21(26)27)24(28)25-22(16-9-10-16)15-7-5-4-6-8-15/h4-8,12-13,16-17,22H,9-11,14H2,1-3H3,(H,25,28). The van der Waals surface area contributed by atoms with Crippen LogP contribution in [0.3, 0.4) is 0 Å². The molecule has 164 valence electrons. The maximum atomic E-state index is 13.1. The van der Waals surface area contributed by atoms with Crippen LogP contribution in [0.15, 0.2) is 42.5 Å². The molecule has 0 spiro atoms. The number of nitrogens with zero attached hydrogens (tertiary/aromatic N) is 1. The van der Waals surface area contributed by atoms with Crippen molar-refractivity contribution >= 4 is 17.5 Å². The van der Waals surface area contributed by atoms with E-state index in [1.807, 2.05) is 30.3 Å². The van der Waals surface area contributed by atoms with Crippen LogP contribution in [0, 0.1) is 11.8 Å². The van der Waals surface area contributed by atoms with Crippen LogP contribution in [0.25, 0.3) is 0 Å². The average molecular weight is 424 g/mol. The number of amides is 2. The normalized spacial score (nSPS) is 19.1. The number of methoxy groups -OCH3 is 3. The fourth-order valence-corrected chi connectivity index (χ4v) is 4.19. The molecule has 4 rings (SSSR count). The Morgan fingerprint density at radius 1 is 1.03 bits per heavy atom.